The van der Waals surface area contributed by atoms with Gasteiger partial charge in [-0.1, -0.05) is 0 Å². The predicted octanol–water partition coefficient (Wildman–Crippen LogP) is -0.886. The quantitative estimate of drug-likeness (QED) is 0.408. The first-order chi connectivity index (χ1) is 4.63. The Kier molecular flexibility index (Phi) is 1.79. The third-order valence-corrected chi connectivity index (χ3v) is 1.82. The van der Waals surface area contributed by atoms with Crippen LogP contribution in [0.3, 0.4) is 0 Å². The Bertz CT molecular complexity index is 181. The Morgan fingerprint density at radius 1 is 1.80 bits per heavy atom. The summed E-state index contributed by atoms with van der Waals surface area (Å²) in [7, 11) is 1.90. The lowest BCUT2D eigenvalue weighted by atomic mass is 9.94. The van der Waals surface area contributed by atoms with Crippen LogP contribution in [0.5, 0.6) is 0 Å². The van der Waals surface area contributed by atoms with E-state index >= 15 is 0 Å². The number of hydrogen-bond donors (Lipinski definition) is 0. The van der Waals surface area contributed by atoms with Crippen LogP contribution >= 0.6 is 0 Å². The largest absolute Gasteiger partial charge is 0.288 e. The minimum Gasteiger partial charge on any atom is -0.288 e. The van der Waals surface area contributed by atoms with Gasteiger partial charge in [-0.15, -0.1) is 0 Å². The van der Waals surface area contributed by atoms with Crippen molar-refractivity contribution in [3.05, 3.63) is 0 Å². The summed E-state index contributed by atoms with van der Waals surface area (Å²) in [6, 6.07) is 0. The molecule has 0 aromatic rings. The third kappa shape index (κ3) is 1.06. The molecule has 0 aliphatic carbocycles. The molecule has 0 aromatic heterocycles. The number of hydrogen-bond acceptors (Lipinski definition) is 2. The standard InChI is InChI=1S/C6H10BNO2/c1-4(9)8-5(7)2-3-6(8)10/h5H,2-3,7H2,1H3/t5-/m0/s1. The van der Waals surface area contributed by atoms with Crippen LogP contribution in [0.1, 0.15) is 19.8 Å². The SMILES string of the molecule is B[C@@H]1CCC(=O)N1C(C)=O. The van der Waals surface area contributed by atoms with Crippen LogP contribution in [0.25, 0.3) is 0 Å². The molecule has 1 fully saturated rings. The fraction of sp³-hybridized carbons (Fsp3) is 0.667. The molecule has 0 radical (unpaired) electrons. The van der Waals surface area contributed by atoms with Gasteiger partial charge in [0.15, 0.2) is 0 Å². The van der Waals surface area contributed by atoms with E-state index in [1.165, 1.54) is 11.8 Å². The minimum absolute atomic E-state index is 0.0278. The molecular formula is C6H10BNO2. The summed E-state index contributed by atoms with van der Waals surface area (Å²) in [5.74, 6) is -0.0417. The van der Waals surface area contributed by atoms with E-state index in [1.807, 2.05) is 7.85 Å². The number of rotatable bonds is 0. The van der Waals surface area contributed by atoms with Crippen molar-refractivity contribution < 1.29 is 9.59 Å². The highest BCUT2D eigenvalue weighted by Crippen LogP contribution is 2.15. The monoisotopic (exact) mass is 139 g/mol. The number of imide groups is 1. The number of amides is 2. The molecule has 0 aromatic carbocycles. The first kappa shape index (κ1) is 7.31. The molecule has 1 atom stereocenters. The zero-order valence-corrected chi connectivity index (χ0v) is 6.26. The Hall–Kier alpha value is -0.795. The third-order valence-electron chi connectivity index (χ3n) is 1.82. The molecular weight excluding hydrogens is 129 g/mol. The second-order valence-corrected chi connectivity index (χ2v) is 2.67. The summed E-state index contributed by atoms with van der Waals surface area (Å²) in [4.78, 5) is 23.0. The van der Waals surface area contributed by atoms with E-state index in [1.54, 1.807) is 0 Å². The van der Waals surface area contributed by atoms with E-state index in [0.717, 1.165) is 6.42 Å². The second kappa shape index (κ2) is 2.44. The van der Waals surface area contributed by atoms with Crippen molar-refractivity contribution >= 4 is 19.7 Å². The molecule has 0 spiro atoms. The predicted molar refractivity (Wildman–Crippen MR) is 39.1 cm³/mol. The Labute approximate surface area is 60.8 Å². The molecule has 0 saturated carbocycles. The second-order valence-electron chi connectivity index (χ2n) is 2.67. The maximum atomic E-state index is 10.9. The maximum absolute atomic E-state index is 10.9. The summed E-state index contributed by atoms with van der Waals surface area (Å²) >= 11 is 0. The van der Waals surface area contributed by atoms with Crippen LogP contribution in [0, 0.1) is 0 Å². The zero-order chi connectivity index (χ0) is 7.72. The van der Waals surface area contributed by atoms with E-state index in [4.69, 9.17) is 0 Å². The molecule has 1 aliphatic rings. The first-order valence-corrected chi connectivity index (χ1v) is 3.45. The summed E-state index contributed by atoms with van der Waals surface area (Å²) < 4.78 is 0. The fourth-order valence-electron chi connectivity index (χ4n) is 1.31. The highest BCUT2D eigenvalue weighted by atomic mass is 16.2. The van der Waals surface area contributed by atoms with Crippen molar-refractivity contribution in [2.75, 3.05) is 0 Å². The van der Waals surface area contributed by atoms with Crippen LogP contribution in [0.2, 0.25) is 0 Å². The summed E-state index contributed by atoms with van der Waals surface area (Å²) in [6.45, 7) is 1.43. The topological polar surface area (TPSA) is 37.4 Å². The number of carbonyl (C=O) groups excluding carboxylic acids is 2. The van der Waals surface area contributed by atoms with Gasteiger partial charge < -0.3 is 0 Å². The molecule has 0 bridgehead atoms. The van der Waals surface area contributed by atoms with E-state index < -0.39 is 0 Å². The fourth-order valence-corrected chi connectivity index (χ4v) is 1.31. The summed E-state index contributed by atoms with van der Waals surface area (Å²) in [5, 5.41) is 0. The van der Waals surface area contributed by atoms with Crippen molar-refractivity contribution in [2.45, 2.75) is 25.7 Å². The van der Waals surface area contributed by atoms with E-state index in [2.05, 4.69) is 0 Å². The van der Waals surface area contributed by atoms with Gasteiger partial charge >= 0.3 is 0 Å². The molecule has 4 heteroatoms. The number of carbonyl (C=O) groups is 2. The average molecular weight is 139 g/mol. The highest BCUT2D eigenvalue weighted by molar-refractivity contribution is 6.17. The highest BCUT2D eigenvalue weighted by Gasteiger charge is 2.29. The van der Waals surface area contributed by atoms with Crippen molar-refractivity contribution in [1.82, 2.24) is 4.90 Å². The molecule has 0 unspecified atom stereocenters. The van der Waals surface area contributed by atoms with Gasteiger partial charge in [0.05, 0.1) is 0 Å². The zero-order valence-electron chi connectivity index (χ0n) is 6.26. The Balaban J connectivity index is 2.72. The molecule has 3 nitrogen and oxygen atoms in total. The molecule has 10 heavy (non-hydrogen) atoms. The molecule has 1 heterocycles. The van der Waals surface area contributed by atoms with Crippen LogP contribution in [-0.2, 0) is 9.59 Å². The number of likely N-dealkylation sites (tertiary alicyclic amines) is 1. The average Bonchev–Trinajstić information content (AvgIpc) is 2.11. The first-order valence-electron chi connectivity index (χ1n) is 3.45. The molecule has 1 saturated heterocycles. The van der Waals surface area contributed by atoms with Gasteiger partial charge in [0.1, 0.15) is 7.85 Å². The van der Waals surface area contributed by atoms with Crippen LogP contribution in [0.4, 0.5) is 0 Å². The van der Waals surface area contributed by atoms with Gasteiger partial charge in [-0.25, -0.2) is 0 Å². The molecule has 0 N–H and O–H groups in total. The van der Waals surface area contributed by atoms with Crippen LogP contribution < -0.4 is 0 Å². The van der Waals surface area contributed by atoms with Crippen LogP contribution in [-0.4, -0.2) is 30.5 Å². The maximum Gasteiger partial charge on any atom is 0.228 e. The Morgan fingerprint density at radius 3 is 2.60 bits per heavy atom. The van der Waals surface area contributed by atoms with Gasteiger partial charge in [-0.05, 0) is 6.42 Å². The van der Waals surface area contributed by atoms with Gasteiger partial charge in [0.25, 0.3) is 0 Å². The molecule has 2 amide bonds. The van der Waals surface area contributed by atoms with Gasteiger partial charge in [0, 0.05) is 19.3 Å². The van der Waals surface area contributed by atoms with E-state index in [9.17, 15) is 9.59 Å². The molecule has 1 aliphatic heterocycles. The van der Waals surface area contributed by atoms with E-state index in [0.29, 0.717) is 6.42 Å². The molecule has 54 valence electrons. The lowest BCUT2D eigenvalue weighted by Crippen LogP contribution is -2.37. The van der Waals surface area contributed by atoms with Gasteiger partial charge in [-0.3, -0.25) is 14.5 Å². The minimum atomic E-state index is -0.130. The van der Waals surface area contributed by atoms with Crippen molar-refractivity contribution in [2.24, 2.45) is 0 Å². The number of nitrogens with zero attached hydrogens (tertiary/aromatic N) is 1. The van der Waals surface area contributed by atoms with Gasteiger partial charge in [-0.2, -0.15) is 0 Å². The van der Waals surface area contributed by atoms with Crippen LogP contribution in [0.15, 0.2) is 0 Å². The summed E-state index contributed by atoms with van der Waals surface area (Å²) in [6.07, 6.45) is 1.35. The molecule has 1 rings (SSSR count). The van der Waals surface area contributed by atoms with Gasteiger partial charge in [0.2, 0.25) is 11.8 Å². The normalized spacial score (nSPS) is 25.5. The van der Waals surface area contributed by atoms with E-state index in [-0.39, 0.29) is 17.8 Å². The smallest absolute Gasteiger partial charge is 0.228 e. The Morgan fingerprint density at radius 2 is 2.40 bits per heavy atom. The lowest BCUT2D eigenvalue weighted by Gasteiger charge is -2.16. The lowest BCUT2D eigenvalue weighted by molar-refractivity contribution is -0.141. The summed E-state index contributed by atoms with van der Waals surface area (Å²) in [5.41, 5.74) is 0. The van der Waals surface area contributed by atoms with Crippen molar-refractivity contribution in [3.8, 4) is 0 Å². The van der Waals surface area contributed by atoms with Crippen molar-refractivity contribution in [3.63, 3.8) is 0 Å². The van der Waals surface area contributed by atoms with Crippen molar-refractivity contribution in [1.29, 1.82) is 0 Å².